The van der Waals surface area contributed by atoms with Crippen molar-refractivity contribution in [2.45, 2.75) is 19.6 Å². The molecule has 0 aliphatic heterocycles. The van der Waals surface area contributed by atoms with E-state index in [1.807, 2.05) is 0 Å². The second-order valence-corrected chi connectivity index (χ2v) is 6.58. The molecule has 8 nitrogen and oxygen atoms in total. The van der Waals surface area contributed by atoms with E-state index in [0.717, 1.165) is 23.9 Å². The van der Waals surface area contributed by atoms with Crippen molar-refractivity contribution in [2.24, 2.45) is 5.10 Å². The Balaban J connectivity index is 1.62. The number of rotatable bonds is 6. The summed E-state index contributed by atoms with van der Waals surface area (Å²) in [6.07, 6.45) is -3.34. The van der Waals surface area contributed by atoms with E-state index in [0.29, 0.717) is 5.69 Å². The molecule has 1 N–H and O–H groups in total. The number of hydrogen-bond donors (Lipinski definition) is 1. The van der Waals surface area contributed by atoms with Crippen LogP contribution in [-0.4, -0.2) is 26.8 Å². The Morgan fingerprint density at radius 2 is 1.94 bits per heavy atom. The molecule has 0 radical (unpaired) electrons. The number of nitro groups is 1. The van der Waals surface area contributed by atoms with Crippen LogP contribution in [0.1, 0.15) is 32.7 Å². The molecule has 1 aromatic heterocycles. The largest absolute Gasteiger partial charge is 0.416 e. The first kappa shape index (κ1) is 21.7. The van der Waals surface area contributed by atoms with Gasteiger partial charge >= 0.3 is 12.0 Å². The van der Waals surface area contributed by atoms with Gasteiger partial charge in [0.05, 0.1) is 35.2 Å². The maximum Gasteiger partial charge on any atom is 0.416 e. The molecular formula is C20H16F3N5O3. The van der Waals surface area contributed by atoms with Gasteiger partial charge in [-0.15, -0.1) is 0 Å². The third-order valence-corrected chi connectivity index (χ3v) is 4.30. The number of aromatic nitrogens is 2. The lowest BCUT2D eigenvalue weighted by atomic mass is 10.1. The molecule has 0 spiro atoms. The van der Waals surface area contributed by atoms with Crippen molar-refractivity contribution >= 4 is 17.9 Å². The fraction of sp³-hybridized carbons (Fsp3) is 0.150. The number of aryl methyl sites for hydroxylation is 1. The first-order valence-electron chi connectivity index (χ1n) is 8.92. The topological polar surface area (TPSA) is 102 Å². The van der Waals surface area contributed by atoms with Gasteiger partial charge in [0.25, 0.3) is 5.91 Å². The van der Waals surface area contributed by atoms with E-state index in [1.165, 1.54) is 35.0 Å². The Hall–Kier alpha value is -4.02. The molecule has 0 saturated heterocycles. The molecule has 0 aliphatic rings. The molecule has 0 fully saturated rings. The average Bonchev–Trinajstić information content (AvgIpc) is 3.09. The van der Waals surface area contributed by atoms with Gasteiger partial charge in [-0.3, -0.25) is 4.79 Å². The van der Waals surface area contributed by atoms with Crippen LogP contribution in [0.2, 0.25) is 0 Å². The van der Waals surface area contributed by atoms with Gasteiger partial charge in [-0.25, -0.2) is 5.43 Å². The normalized spacial score (nSPS) is 11.6. The van der Waals surface area contributed by atoms with E-state index in [2.05, 4.69) is 15.6 Å². The molecule has 0 saturated carbocycles. The summed E-state index contributed by atoms with van der Waals surface area (Å²) in [6, 6.07) is 12.3. The number of benzene rings is 2. The van der Waals surface area contributed by atoms with Gasteiger partial charge in [0, 0.05) is 5.56 Å². The zero-order chi connectivity index (χ0) is 22.6. The standard InChI is InChI=1S/C20H16F3N5O3/c1-13-9-18(28(30)31)26-27(13)12-14-5-7-16(8-6-14)19(29)25-24-11-15-3-2-4-17(10-15)20(21,22)23/h2-11H,12H2,1H3,(H,25,29). The van der Waals surface area contributed by atoms with E-state index < -0.39 is 22.6 Å². The van der Waals surface area contributed by atoms with Crippen molar-refractivity contribution in [2.75, 3.05) is 0 Å². The second-order valence-electron chi connectivity index (χ2n) is 6.58. The highest BCUT2D eigenvalue weighted by Crippen LogP contribution is 2.29. The molecule has 160 valence electrons. The Morgan fingerprint density at radius 3 is 2.55 bits per heavy atom. The van der Waals surface area contributed by atoms with Gasteiger partial charge in [0.1, 0.15) is 0 Å². The smallest absolute Gasteiger partial charge is 0.358 e. The third kappa shape index (κ3) is 5.53. The molecule has 0 aliphatic carbocycles. The minimum atomic E-state index is -4.46. The quantitative estimate of drug-likeness (QED) is 0.363. The zero-order valence-electron chi connectivity index (χ0n) is 16.1. The Kier molecular flexibility index (Phi) is 6.14. The van der Waals surface area contributed by atoms with Gasteiger partial charge in [-0.2, -0.15) is 23.0 Å². The van der Waals surface area contributed by atoms with Crippen LogP contribution >= 0.6 is 0 Å². The minimum absolute atomic E-state index is 0.189. The summed E-state index contributed by atoms with van der Waals surface area (Å²) >= 11 is 0. The monoisotopic (exact) mass is 431 g/mol. The van der Waals surface area contributed by atoms with Gasteiger partial charge in [0.15, 0.2) is 0 Å². The fourth-order valence-corrected chi connectivity index (χ4v) is 2.70. The summed E-state index contributed by atoms with van der Waals surface area (Å²) in [7, 11) is 0. The molecule has 1 amide bonds. The predicted molar refractivity (Wildman–Crippen MR) is 106 cm³/mol. The zero-order valence-corrected chi connectivity index (χ0v) is 16.1. The van der Waals surface area contributed by atoms with Crippen LogP contribution in [0.25, 0.3) is 0 Å². The number of alkyl halides is 3. The number of nitrogens with one attached hydrogen (secondary N) is 1. The lowest BCUT2D eigenvalue weighted by molar-refractivity contribution is -0.389. The lowest BCUT2D eigenvalue weighted by Crippen LogP contribution is -2.17. The molecule has 31 heavy (non-hydrogen) atoms. The van der Waals surface area contributed by atoms with Crippen LogP contribution < -0.4 is 5.43 Å². The minimum Gasteiger partial charge on any atom is -0.358 e. The summed E-state index contributed by atoms with van der Waals surface area (Å²) in [4.78, 5) is 22.4. The van der Waals surface area contributed by atoms with Crippen LogP contribution in [-0.2, 0) is 12.7 Å². The number of nitrogens with zero attached hydrogens (tertiary/aromatic N) is 4. The average molecular weight is 431 g/mol. The summed E-state index contributed by atoms with van der Waals surface area (Å²) in [5, 5.41) is 18.4. The van der Waals surface area contributed by atoms with Crippen LogP contribution in [0, 0.1) is 17.0 Å². The van der Waals surface area contributed by atoms with Crippen molar-refractivity contribution in [1.29, 1.82) is 0 Å². The van der Waals surface area contributed by atoms with Gasteiger partial charge in [0.2, 0.25) is 0 Å². The Bertz CT molecular complexity index is 1140. The number of carbonyl (C=O) groups excluding carboxylic acids is 1. The molecule has 1 heterocycles. The van der Waals surface area contributed by atoms with Crippen LogP contribution in [0.3, 0.4) is 0 Å². The highest BCUT2D eigenvalue weighted by molar-refractivity contribution is 5.94. The number of amides is 1. The highest BCUT2D eigenvalue weighted by Gasteiger charge is 2.30. The van der Waals surface area contributed by atoms with Crippen molar-refractivity contribution in [3.63, 3.8) is 0 Å². The van der Waals surface area contributed by atoms with Crippen LogP contribution in [0.4, 0.5) is 19.0 Å². The third-order valence-electron chi connectivity index (χ3n) is 4.30. The predicted octanol–water partition coefficient (Wildman–Crippen LogP) is 3.93. The van der Waals surface area contributed by atoms with Gasteiger partial charge in [-0.1, -0.05) is 24.3 Å². The summed E-state index contributed by atoms with van der Waals surface area (Å²) in [6.45, 7) is 1.99. The molecular weight excluding hydrogens is 415 g/mol. The molecule has 0 atom stereocenters. The van der Waals surface area contributed by atoms with Crippen molar-refractivity contribution in [3.05, 3.63) is 92.7 Å². The van der Waals surface area contributed by atoms with Crippen LogP contribution in [0.15, 0.2) is 59.7 Å². The Labute approximate surface area is 174 Å². The SMILES string of the molecule is Cc1cc([N+](=O)[O-])nn1Cc1ccc(C(=O)NN=Cc2cccc(C(F)(F)F)c2)cc1. The summed E-state index contributed by atoms with van der Waals surface area (Å²) < 4.78 is 39.6. The number of halogens is 3. The molecule has 3 aromatic rings. The molecule has 11 heteroatoms. The summed E-state index contributed by atoms with van der Waals surface area (Å²) in [5.41, 5.74) is 3.31. The molecule has 0 unspecified atom stereocenters. The van der Waals surface area contributed by atoms with E-state index in [4.69, 9.17) is 0 Å². The summed E-state index contributed by atoms with van der Waals surface area (Å²) in [5.74, 6) is -0.784. The first-order valence-corrected chi connectivity index (χ1v) is 8.92. The van der Waals surface area contributed by atoms with Gasteiger partial charge in [-0.05, 0) is 47.2 Å². The van der Waals surface area contributed by atoms with Crippen molar-refractivity contribution in [1.82, 2.24) is 15.2 Å². The lowest BCUT2D eigenvalue weighted by Gasteiger charge is -2.06. The Morgan fingerprint density at radius 1 is 1.23 bits per heavy atom. The maximum absolute atomic E-state index is 12.7. The van der Waals surface area contributed by atoms with E-state index in [1.54, 1.807) is 19.1 Å². The highest BCUT2D eigenvalue weighted by atomic mass is 19.4. The van der Waals surface area contributed by atoms with E-state index in [-0.39, 0.29) is 23.5 Å². The van der Waals surface area contributed by atoms with Crippen molar-refractivity contribution in [3.8, 4) is 0 Å². The van der Waals surface area contributed by atoms with Crippen molar-refractivity contribution < 1.29 is 22.9 Å². The van der Waals surface area contributed by atoms with Crippen LogP contribution in [0.5, 0.6) is 0 Å². The molecule has 3 rings (SSSR count). The first-order chi connectivity index (χ1) is 14.6. The second kappa shape index (κ2) is 8.78. The maximum atomic E-state index is 12.7. The van der Waals surface area contributed by atoms with Gasteiger partial charge < -0.3 is 10.1 Å². The van der Waals surface area contributed by atoms with E-state index in [9.17, 15) is 28.1 Å². The molecule has 0 bridgehead atoms. The molecule has 2 aromatic carbocycles. The van der Waals surface area contributed by atoms with E-state index >= 15 is 0 Å². The number of hydrazone groups is 1. The fourth-order valence-electron chi connectivity index (χ4n) is 2.70. The number of carbonyl (C=O) groups is 1. The number of hydrogen-bond acceptors (Lipinski definition) is 5.